The van der Waals surface area contributed by atoms with Crippen molar-refractivity contribution in [2.45, 2.75) is 33.2 Å². The lowest BCUT2D eigenvalue weighted by molar-refractivity contribution is 0.415. The van der Waals surface area contributed by atoms with E-state index in [-0.39, 0.29) is 11.6 Å². The van der Waals surface area contributed by atoms with Gasteiger partial charge >= 0.3 is 0 Å². The van der Waals surface area contributed by atoms with Crippen molar-refractivity contribution >= 4 is 33.2 Å². The average Bonchev–Trinajstić information content (AvgIpc) is 3.10. The van der Waals surface area contributed by atoms with Gasteiger partial charge in [-0.15, -0.1) is 0 Å². The van der Waals surface area contributed by atoms with Gasteiger partial charge in [-0.3, -0.25) is 13.9 Å². The topological polar surface area (TPSA) is 74.8 Å². The Labute approximate surface area is 179 Å². The lowest BCUT2D eigenvalue weighted by atomic mass is 10.2. The summed E-state index contributed by atoms with van der Waals surface area (Å²) in [4.78, 5) is 28.3. The van der Waals surface area contributed by atoms with Crippen LogP contribution in [0.3, 0.4) is 0 Å². The Kier molecular flexibility index (Phi) is 4.46. The van der Waals surface area contributed by atoms with Gasteiger partial charge in [0.2, 0.25) is 0 Å². The van der Waals surface area contributed by atoms with Crippen LogP contribution in [-0.4, -0.2) is 31.2 Å². The van der Waals surface area contributed by atoms with Crippen molar-refractivity contribution in [2.24, 2.45) is 0 Å². The summed E-state index contributed by atoms with van der Waals surface area (Å²) in [5, 5.41) is 0.495. The van der Waals surface area contributed by atoms with E-state index in [0.717, 1.165) is 28.9 Å². The molecule has 156 valence electrons. The van der Waals surface area contributed by atoms with Crippen LogP contribution in [0.25, 0.3) is 38.9 Å². The molecule has 7 nitrogen and oxygen atoms in total. The number of hydrogen-bond acceptors (Lipinski definition) is 5. The molecule has 0 aliphatic carbocycles. The molecule has 0 radical (unpaired) electrons. The second-order valence-electron chi connectivity index (χ2n) is 7.71. The van der Waals surface area contributed by atoms with Crippen molar-refractivity contribution in [3.8, 4) is 11.4 Å². The van der Waals surface area contributed by atoms with Crippen molar-refractivity contribution in [3.05, 3.63) is 64.7 Å². The summed E-state index contributed by atoms with van der Waals surface area (Å²) >= 11 is 0. The van der Waals surface area contributed by atoms with E-state index in [2.05, 4.69) is 6.92 Å². The van der Waals surface area contributed by atoms with Crippen LogP contribution in [0, 0.1) is 6.92 Å². The normalized spacial score (nSPS) is 12.6. The van der Waals surface area contributed by atoms with Crippen molar-refractivity contribution in [1.82, 2.24) is 24.1 Å². The maximum atomic E-state index is 13.7. The summed E-state index contributed by atoms with van der Waals surface area (Å²) < 4.78 is 8.98. The van der Waals surface area contributed by atoms with Crippen LogP contribution >= 0.6 is 0 Å². The first-order valence-electron chi connectivity index (χ1n) is 10.4. The van der Waals surface area contributed by atoms with E-state index in [9.17, 15) is 4.79 Å². The van der Waals surface area contributed by atoms with E-state index < -0.39 is 0 Å². The van der Waals surface area contributed by atoms with E-state index in [1.807, 2.05) is 66.9 Å². The SMILES string of the molecule is CCC(C)n1c(C)nc2c(c1=O)c1nc3ccccc3nc1n2-c1ccc(OC)cc1. The minimum absolute atomic E-state index is 0.0391. The van der Waals surface area contributed by atoms with Crippen molar-refractivity contribution < 1.29 is 4.74 Å². The molecular formula is C24H23N5O2. The minimum Gasteiger partial charge on any atom is -0.497 e. The smallest absolute Gasteiger partial charge is 0.265 e. The van der Waals surface area contributed by atoms with E-state index in [1.54, 1.807) is 11.7 Å². The van der Waals surface area contributed by atoms with Gasteiger partial charge in [0.05, 0.1) is 18.1 Å². The molecule has 0 aliphatic heterocycles. The summed E-state index contributed by atoms with van der Waals surface area (Å²) in [6.45, 7) is 5.97. The molecule has 3 heterocycles. The van der Waals surface area contributed by atoms with Crippen molar-refractivity contribution in [3.63, 3.8) is 0 Å². The molecule has 1 atom stereocenters. The highest BCUT2D eigenvalue weighted by molar-refractivity contribution is 6.05. The third kappa shape index (κ3) is 2.88. The second kappa shape index (κ2) is 7.19. The van der Waals surface area contributed by atoms with Crippen molar-refractivity contribution in [2.75, 3.05) is 7.11 Å². The molecule has 0 spiro atoms. The van der Waals surface area contributed by atoms with Crippen LogP contribution in [0.1, 0.15) is 32.1 Å². The van der Waals surface area contributed by atoms with Gasteiger partial charge in [0.1, 0.15) is 22.5 Å². The number of para-hydroxylation sites is 2. The largest absolute Gasteiger partial charge is 0.497 e. The van der Waals surface area contributed by atoms with Gasteiger partial charge < -0.3 is 4.74 Å². The zero-order valence-electron chi connectivity index (χ0n) is 18.0. The standard InChI is InChI=1S/C24H23N5O2/c1-5-14(2)28-15(3)25-22-20(24(28)30)21-23(27-19-9-7-6-8-18(19)26-21)29(22)16-10-12-17(31-4)13-11-16/h6-14H,5H2,1-4H3. The highest BCUT2D eigenvalue weighted by Gasteiger charge is 2.23. The molecular weight excluding hydrogens is 390 g/mol. The summed E-state index contributed by atoms with van der Waals surface area (Å²) in [6, 6.07) is 15.4. The molecule has 0 N–H and O–H groups in total. The minimum atomic E-state index is -0.0845. The molecule has 0 aliphatic rings. The van der Waals surface area contributed by atoms with Crippen LogP contribution in [0.15, 0.2) is 53.3 Å². The average molecular weight is 413 g/mol. The summed E-state index contributed by atoms with van der Waals surface area (Å²) in [7, 11) is 1.63. The van der Waals surface area contributed by atoms with E-state index in [4.69, 9.17) is 19.7 Å². The molecule has 5 rings (SSSR count). The number of nitrogens with zero attached hydrogens (tertiary/aromatic N) is 5. The number of fused-ring (bicyclic) bond motifs is 4. The van der Waals surface area contributed by atoms with E-state index in [1.165, 1.54) is 0 Å². The summed E-state index contributed by atoms with van der Waals surface area (Å²) in [6.07, 6.45) is 0.833. The first-order chi connectivity index (χ1) is 15.0. The lowest BCUT2D eigenvalue weighted by Gasteiger charge is -2.16. The van der Waals surface area contributed by atoms with Gasteiger partial charge in [0, 0.05) is 11.7 Å². The van der Waals surface area contributed by atoms with Crippen LogP contribution < -0.4 is 10.3 Å². The maximum Gasteiger partial charge on any atom is 0.265 e. The third-order valence-corrected chi connectivity index (χ3v) is 5.85. The molecule has 7 heteroatoms. The Morgan fingerprint density at radius 2 is 1.65 bits per heavy atom. The molecule has 0 amide bonds. The Morgan fingerprint density at radius 1 is 0.968 bits per heavy atom. The number of hydrogen-bond donors (Lipinski definition) is 0. The van der Waals surface area contributed by atoms with Crippen LogP contribution in [-0.2, 0) is 0 Å². The molecule has 1 unspecified atom stereocenters. The molecule has 31 heavy (non-hydrogen) atoms. The van der Waals surface area contributed by atoms with Gasteiger partial charge in [0.25, 0.3) is 5.56 Å². The number of ether oxygens (including phenoxy) is 1. The first kappa shape index (κ1) is 19.2. The lowest BCUT2D eigenvalue weighted by Crippen LogP contribution is -2.26. The monoisotopic (exact) mass is 413 g/mol. The van der Waals surface area contributed by atoms with E-state index in [0.29, 0.717) is 28.0 Å². The first-order valence-corrected chi connectivity index (χ1v) is 10.4. The van der Waals surface area contributed by atoms with Crippen LogP contribution in [0.2, 0.25) is 0 Å². The summed E-state index contributed by atoms with van der Waals surface area (Å²) in [5.74, 6) is 1.43. The summed E-state index contributed by atoms with van der Waals surface area (Å²) in [5.41, 5.74) is 4.03. The van der Waals surface area contributed by atoms with E-state index >= 15 is 0 Å². The Hall–Kier alpha value is -3.74. The quantitative estimate of drug-likeness (QED) is 0.431. The molecule has 5 aromatic rings. The van der Waals surface area contributed by atoms with Gasteiger partial charge in [-0.05, 0) is 56.7 Å². The zero-order valence-corrected chi connectivity index (χ0v) is 18.0. The fourth-order valence-electron chi connectivity index (χ4n) is 4.09. The van der Waals surface area contributed by atoms with Crippen LogP contribution in [0.4, 0.5) is 0 Å². The number of aromatic nitrogens is 5. The van der Waals surface area contributed by atoms with Gasteiger partial charge in [-0.2, -0.15) is 0 Å². The number of aryl methyl sites for hydroxylation is 1. The van der Waals surface area contributed by atoms with Crippen LogP contribution in [0.5, 0.6) is 5.75 Å². The highest BCUT2D eigenvalue weighted by atomic mass is 16.5. The molecule has 2 aromatic carbocycles. The van der Waals surface area contributed by atoms with Gasteiger partial charge in [0.15, 0.2) is 11.3 Å². The predicted octanol–water partition coefficient (Wildman–Crippen LogP) is 4.57. The number of methoxy groups -OCH3 is 1. The molecule has 0 saturated heterocycles. The molecule has 3 aromatic heterocycles. The van der Waals surface area contributed by atoms with Crippen molar-refractivity contribution in [1.29, 1.82) is 0 Å². The Morgan fingerprint density at radius 3 is 2.29 bits per heavy atom. The third-order valence-electron chi connectivity index (χ3n) is 5.85. The number of rotatable bonds is 4. The maximum absolute atomic E-state index is 13.7. The highest BCUT2D eigenvalue weighted by Crippen LogP contribution is 2.30. The Balaban J connectivity index is 1.97. The van der Waals surface area contributed by atoms with Gasteiger partial charge in [-0.25, -0.2) is 15.0 Å². The predicted molar refractivity (Wildman–Crippen MR) is 122 cm³/mol. The molecule has 0 fully saturated rings. The number of benzene rings is 2. The fourth-order valence-corrected chi connectivity index (χ4v) is 4.09. The zero-order chi connectivity index (χ0) is 21.7. The Bertz CT molecular complexity index is 1500. The molecule has 0 saturated carbocycles. The molecule has 0 bridgehead atoms. The fraction of sp³-hybridized carbons (Fsp3) is 0.250. The second-order valence-corrected chi connectivity index (χ2v) is 7.71. The van der Waals surface area contributed by atoms with Gasteiger partial charge in [-0.1, -0.05) is 19.1 Å².